The predicted molar refractivity (Wildman–Crippen MR) is 141 cm³/mol. The third-order valence-corrected chi connectivity index (χ3v) is 6.41. The van der Waals surface area contributed by atoms with Gasteiger partial charge in [-0.3, -0.25) is 0 Å². The minimum Gasteiger partial charge on any atom is -0.871 e. The fraction of sp³-hybridized carbons (Fsp3) is 0.267. The Labute approximate surface area is 276 Å². The largest absolute Gasteiger partial charge is 1.00 e. The van der Waals surface area contributed by atoms with E-state index in [9.17, 15) is 30.0 Å². The van der Waals surface area contributed by atoms with E-state index in [1.165, 1.54) is 0 Å². The van der Waals surface area contributed by atoms with Crippen molar-refractivity contribution < 1.29 is 99.3 Å². The summed E-state index contributed by atoms with van der Waals surface area (Å²) in [5.41, 5.74) is 0.979. The molecule has 4 aromatic rings. The van der Waals surface area contributed by atoms with Crippen molar-refractivity contribution in [2.75, 3.05) is 0 Å². The van der Waals surface area contributed by atoms with Gasteiger partial charge in [-0.2, -0.15) is 0 Å². The maximum absolute atomic E-state index is 12.1. The van der Waals surface area contributed by atoms with E-state index < -0.39 is 34.6 Å². The van der Waals surface area contributed by atoms with Crippen LogP contribution in [0.25, 0.3) is 21.5 Å². The Bertz CT molecular complexity index is 1390. The summed E-state index contributed by atoms with van der Waals surface area (Å²) in [5, 5.41) is 63.5. The van der Waals surface area contributed by atoms with Crippen molar-refractivity contribution in [1.82, 2.24) is 0 Å². The molecule has 4 N–H and O–H groups in total. The summed E-state index contributed by atoms with van der Waals surface area (Å²) in [4.78, 5) is 21.9. The first-order chi connectivity index (χ1) is 18.1. The molecule has 0 aliphatic heterocycles. The van der Waals surface area contributed by atoms with Crippen molar-refractivity contribution in [2.45, 2.75) is 52.4 Å². The molecule has 4 rings (SSSR count). The smallest absolute Gasteiger partial charge is 0.871 e. The van der Waals surface area contributed by atoms with E-state index in [1.807, 2.05) is 12.1 Å². The molecule has 0 amide bonds. The number of aromatic hydroxyl groups is 2. The molecule has 0 aliphatic carbocycles. The number of unbranched alkanes of at least 4 members (excludes halogenated alkanes) is 2. The van der Waals surface area contributed by atoms with Crippen molar-refractivity contribution in [1.29, 1.82) is 0 Å². The zero-order valence-electron chi connectivity index (χ0n) is 23.3. The van der Waals surface area contributed by atoms with Crippen LogP contribution >= 0.6 is 0 Å². The molecular formula is C30H30Na2O8. The van der Waals surface area contributed by atoms with Crippen LogP contribution in [-0.2, 0) is 12.8 Å². The van der Waals surface area contributed by atoms with Crippen LogP contribution in [0.2, 0.25) is 0 Å². The van der Waals surface area contributed by atoms with Crippen LogP contribution in [0.4, 0.5) is 0 Å². The molecule has 0 spiro atoms. The van der Waals surface area contributed by atoms with Crippen LogP contribution in [-0.4, -0.2) is 32.4 Å². The van der Waals surface area contributed by atoms with E-state index in [2.05, 4.69) is 13.8 Å². The molecule has 40 heavy (non-hydrogen) atoms. The van der Waals surface area contributed by atoms with Crippen molar-refractivity contribution in [2.24, 2.45) is 0 Å². The van der Waals surface area contributed by atoms with Gasteiger partial charge in [-0.1, -0.05) is 74.6 Å². The van der Waals surface area contributed by atoms with Gasteiger partial charge in [-0.15, -0.1) is 0 Å². The SMILES string of the molecule is CCCCc1cccc2c([O-])c(C(=O)O)cc(O)c12.CCCCc1cccc2c([O-])c(C(=O)O)cc(O)c12.[Na+].[Na+]. The second-order valence-corrected chi connectivity index (χ2v) is 9.04. The molecular weight excluding hydrogens is 534 g/mol. The Kier molecular flexibility index (Phi) is 14.3. The zero-order chi connectivity index (χ0) is 28.0. The summed E-state index contributed by atoms with van der Waals surface area (Å²) >= 11 is 0. The standard InChI is InChI=1S/2C15H16O4.2Na/c2*1-2-3-5-9-6-4-7-10-13(9)12(16)8-11(14(10)17)15(18)19;;/h2*4,6-8,16-17H,2-3,5H2,1H3,(H,18,19);;/q;;2*+1/p-2. The summed E-state index contributed by atoms with van der Waals surface area (Å²) in [6, 6.07) is 12.4. The van der Waals surface area contributed by atoms with Crippen molar-refractivity contribution in [3.05, 3.63) is 70.8 Å². The number of phenols is 2. The van der Waals surface area contributed by atoms with Crippen LogP contribution in [0, 0.1) is 0 Å². The van der Waals surface area contributed by atoms with Crippen molar-refractivity contribution in [3.63, 3.8) is 0 Å². The van der Waals surface area contributed by atoms with Crippen molar-refractivity contribution >= 4 is 33.5 Å². The molecule has 10 heteroatoms. The van der Waals surface area contributed by atoms with E-state index in [-0.39, 0.29) is 81.4 Å². The molecule has 8 nitrogen and oxygen atoms in total. The van der Waals surface area contributed by atoms with Crippen LogP contribution in [0.1, 0.15) is 71.4 Å². The number of rotatable bonds is 8. The van der Waals surface area contributed by atoms with Gasteiger partial charge in [0.25, 0.3) is 0 Å². The Morgan fingerprint density at radius 2 is 1.02 bits per heavy atom. The number of hydrogen-bond donors (Lipinski definition) is 4. The first kappa shape index (κ1) is 35.6. The van der Waals surface area contributed by atoms with Gasteiger partial charge in [0.2, 0.25) is 0 Å². The van der Waals surface area contributed by atoms with Gasteiger partial charge in [-0.05, 0) is 59.7 Å². The molecule has 4 aromatic carbocycles. The summed E-state index contributed by atoms with van der Waals surface area (Å²) in [7, 11) is 0. The third-order valence-electron chi connectivity index (χ3n) is 6.41. The molecule has 0 aromatic heterocycles. The van der Waals surface area contributed by atoms with Crippen molar-refractivity contribution in [3.8, 4) is 23.0 Å². The van der Waals surface area contributed by atoms with Gasteiger partial charge in [-0.25, -0.2) is 9.59 Å². The number of hydrogen-bond acceptors (Lipinski definition) is 6. The number of phenolic OH excluding ortho intramolecular Hbond substituents is 2. The van der Waals surface area contributed by atoms with E-state index >= 15 is 0 Å². The van der Waals surface area contributed by atoms with Crippen LogP contribution in [0.5, 0.6) is 23.0 Å². The minimum absolute atomic E-state index is 0. The number of fused-ring (bicyclic) bond motifs is 2. The molecule has 0 unspecified atom stereocenters. The maximum Gasteiger partial charge on any atom is 1.00 e. The van der Waals surface area contributed by atoms with E-state index in [0.29, 0.717) is 10.8 Å². The second-order valence-electron chi connectivity index (χ2n) is 9.04. The molecule has 0 saturated heterocycles. The van der Waals surface area contributed by atoms with Crippen LogP contribution in [0.15, 0.2) is 48.5 Å². The molecule has 0 bridgehead atoms. The summed E-state index contributed by atoms with van der Waals surface area (Å²) < 4.78 is 0. The molecule has 0 aliphatic rings. The number of aromatic carboxylic acids is 2. The fourth-order valence-electron chi connectivity index (χ4n) is 4.49. The monoisotopic (exact) mass is 564 g/mol. The van der Waals surface area contributed by atoms with Gasteiger partial charge in [0.1, 0.15) is 11.5 Å². The molecule has 0 atom stereocenters. The number of aryl methyl sites for hydroxylation is 2. The Morgan fingerprint density at radius 3 is 1.32 bits per heavy atom. The molecule has 0 radical (unpaired) electrons. The number of carboxylic acids is 2. The summed E-state index contributed by atoms with van der Waals surface area (Å²) in [5.74, 6) is -4.00. The average Bonchev–Trinajstić information content (AvgIpc) is 2.90. The van der Waals surface area contributed by atoms with Gasteiger partial charge in [0.15, 0.2) is 0 Å². The Balaban J connectivity index is 0.000000381. The molecule has 0 heterocycles. The van der Waals surface area contributed by atoms with Gasteiger partial charge >= 0.3 is 71.1 Å². The Morgan fingerprint density at radius 1 is 0.675 bits per heavy atom. The minimum atomic E-state index is -1.32. The molecule has 200 valence electrons. The normalized spacial score (nSPS) is 10.2. The van der Waals surface area contributed by atoms with Gasteiger partial charge in [0, 0.05) is 10.8 Å². The third kappa shape index (κ3) is 7.84. The summed E-state index contributed by atoms with van der Waals surface area (Å²) in [6.07, 6.45) is 5.44. The van der Waals surface area contributed by atoms with Gasteiger partial charge in [0.05, 0.1) is 11.1 Å². The first-order valence-corrected chi connectivity index (χ1v) is 12.5. The van der Waals surface area contributed by atoms with Crippen LogP contribution < -0.4 is 69.3 Å². The van der Waals surface area contributed by atoms with E-state index in [4.69, 9.17) is 10.2 Å². The molecule has 0 saturated carbocycles. The number of benzene rings is 4. The zero-order valence-corrected chi connectivity index (χ0v) is 27.3. The average molecular weight is 565 g/mol. The molecule has 0 fully saturated rings. The Hall–Kier alpha value is -2.46. The second kappa shape index (κ2) is 16.1. The van der Waals surface area contributed by atoms with E-state index in [0.717, 1.165) is 61.8 Å². The van der Waals surface area contributed by atoms with Crippen LogP contribution in [0.3, 0.4) is 0 Å². The van der Waals surface area contributed by atoms with E-state index in [1.54, 1.807) is 24.3 Å². The fourth-order valence-corrected chi connectivity index (χ4v) is 4.49. The summed E-state index contributed by atoms with van der Waals surface area (Å²) in [6.45, 7) is 4.12. The predicted octanol–water partition coefficient (Wildman–Crippen LogP) is -0.672. The first-order valence-electron chi connectivity index (χ1n) is 12.5. The number of carbonyl (C=O) groups is 2. The topological polar surface area (TPSA) is 161 Å². The van der Waals surface area contributed by atoms with Gasteiger partial charge < -0.3 is 30.6 Å². The number of carboxylic acid groups (broad SMARTS) is 2. The maximum atomic E-state index is 12.1. The quantitative estimate of drug-likeness (QED) is 0.205.